The fourth-order valence-electron chi connectivity index (χ4n) is 2.71. The molecule has 20 heavy (non-hydrogen) atoms. The zero-order valence-corrected chi connectivity index (χ0v) is 12.1. The molecule has 0 bridgehead atoms. The average molecular weight is 268 g/mol. The Hall–Kier alpha value is -1.97. The van der Waals surface area contributed by atoms with Crippen molar-refractivity contribution in [1.82, 2.24) is 15.0 Å². The lowest BCUT2D eigenvalue weighted by Crippen LogP contribution is -2.13. The summed E-state index contributed by atoms with van der Waals surface area (Å²) >= 11 is 0. The molecular formula is C16H20N4. The quantitative estimate of drug-likeness (QED) is 0.925. The first-order valence-electron chi connectivity index (χ1n) is 7.37. The maximum atomic E-state index is 4.70. The lowest BCUT2D eigenvalue weighted by Gasteiger charge is -2.16. The normalized spacial score (nSPS) is 17.0. The van der Waals surface area contributed by atoms with E-state index >= 15 is 0 Å². The van der Waals surface area contributed by atoms with E-state index in [0.717, 1.165) is 42.9 Å². The molecule has 0 aromatic carbocycles. The van der Waals surface area contributed by atoms with Gasteiger partial charge in [0.2, 0.25) is 0 Å². The maximum absolute atomic E-state index is 4.70. The van der Waals surface area contributed by atoms with E-state index in [1.165, 1.54) is 11.3 Å². The third-order valence-electron chi connectivity index (χ3n) is 3.86. The van der Waals surface area contributed by atoms with Crippen molar-refractivity contribution in [2.45, 2.75) is 45.6 Å². The molecule has 4 nitrogen and oxygen atoms in total. The van der Waals surface area contributed by atoms with Crippen LogP contribution < -0.4 is 5.32 Å². The van der Waals surface area contributed by atoms with Crippen LogP contribution in [0.4, 0.5) is 5.82 Å². The summed E-state index contributed by atoms with van der Waals surface area (Å²) in [7, 11) is 0. The molecule has 1 aliphatic carbocycles. The zero-order chi connectivity index (χ0) is 13.9. The standard InChI is InChI=1S/C16H20N4/c1-3-12-10-18-13(4-2)16(19-12)20-14-8-7-11-6-5-9-17-15(11)14/h5-6,9-10,14H,3-4,7-8H2,1-2H3,(H,19,20). The van der Waals surface area contributed by atoms with Gasteiger partial charge in [-0.05, 0) is 37.3 Å². The predicted molar refractivity (Wildman–Crippen MR) is 79.7 cm³/mol. The fraction of sp³-hybridized carbons (Fsp3) is 0.438. The summed E-state index contributed by atoms with van der Waals surface area (Å²) < 4.78 is 0. The van der Waals surface area contributed by atoms with Gasteiger partial charge in [0.1, 0.15) is 5.82 Å². The number of anilines is 1. The summed E-state index contributed by atoms with van der Waals surface area (Å²) in [6.07, 6.45) is 7.71. The molecule has 1 N–H and O–H groups in total. The molecule has 4 heteroatoms. The van der Waals surface area contributed by atoms with Gasteiger partial charge in [-0.15, -0.1) is 0 Å². The van der Waals surface area contributed by atoms with Crippen LogP contribution >= 0.6 is 0 Å². The second-order valence-electron chi connectivity index (χ2n) is 5.15. The van der Waals surface area contributed by atoms with Gasteiger partial charge in [0.25, 0.3) is 0 Å². The first-order valence-corrected chi connectivity index (χ1v) is 7.37. The molecule has 2 heterocycles. The number of hydrogen-bond donors (Lipinski definition) is 1. The molecule has 3 rings (SSSR count). The summed E-state index contributed by atoms with van der Waals surface area (Å²) in [5.74, 6) is 0.926. The van der Waals surface area contributed by atoms with E-state index in [4.69, 9.17) is 4.98 Å². The third-order valence-corrected chi connectivity index (χ3v) is 3.86. The Balaban J connectivity index is 1.88. The molecule has 0 amide bonds. The highest BCUT2D eigenvalue weighted by molar-refractivity contribution is 5.45. The first kappa shape index (κ1) is 13.0. The number of aryl methyl sites for hydroxylation is 3. The van der Waals surface area contributed by atoms with Gasteiger partial charge in [-0.25, -0.2) is 4.98 Å². The molecule has 0 saturated carbocycles. The van der Waals surface area contributed by atoms with Gasteiger partial charge in [0, 0.05) is 12.4 Å². The van der Waals surface area contributed by atoms with Crippen LogP contribution in [0.3, 0.4) is 0 Å². The minimum Gasteiger partial charge on any atom is -0.360 e. The second kappa shape index (κ2) is 5.57. The van der Waals surface area contributed by atoms with Crippen molar-refractivity contribution in [3.8, 4) is 0 Å². The summed E-state index contributed by atoms with van der Waals surface area (Å²) in [6, 6.07) is 4.44. The predicted octanol–water partition coefficient (Wildman–Crippen LogP) is 3.10. The van der Waals surface area contributed by atoms with Crippen LogP contribution in [0.25, 0.3) is 0 Å². The summed E-state index contributed by atoms with van der Waals surface area (Å²) in [4.78, 5) is 13.7. The van der Waals surface area contributed by atoms with E-state index < -0.39 is 0 Å². The highest BCUT2D eigenvalue weighted by Gasteiger charge is 2.24. The average Bonchev–Trinajstić information content (AvgIpc) is 2.90. The van der Waals surface area contributed by atoms with Crippen molar-refractivity contribution in [2.24, 2.45) is 0 Å². The third kappa shape index (κ3) is 2.38. The highest BCUT2D eigenvalue weighted by Crippen LogP contribution is 2.32. The molecule has 0 aliphatic heterocycles. The molecular weight excluding hydrogens is 248 g/mol. The summed E-state index contributed by atoms with van der Waals surface area (Å²) in [5, 5.41) is 3.56. The van der Waals surface area contributed by atoms with Gasteiger partial charge in [0.05, 0.1) is 23.1 Å². The van der Waals surface area contributed by atoms with E-state index in [1.54, 1.807) is 0 Å². The van der Waals surface area contributed by atoms with Crippen molar-refractivity contribution < 1.29 is 0 Å². The Morgan fingerprint density at radius 3 is 2.95 bits per heavy atom. The number of rotatable bonds is 4. The monoisotopic (exact) mass is 268 g/mol. The van der Waals surface area contributed by atoms with Crippen molar-refractivity contribution in [1.29, 1.82) is 0 Å². The number of pyridine rings is 1. The molecule has 104 valence electrons. The van der Waals surface area contributed by atoms with Gasteiger partial charge < -0.3 is 5.32 Å². The van der Waals surface area contributed by atoms with Gasteiger partial charge in [-0.3, -0.25) is 9.97 Å². The fourth-order valence-corrected chi connectivity index (χ4v) is 2.71. The van der Waals surface area contributed by atoms with Crippen molar-refractivity contribution >= 4 is 5.82 Å². The number of nitrogens with one attached hydrogen (secondary N) is 1. The molecule has 0 saturated heterocycles. The Labute approximate surface area is 119 Å². The first-order chi connectivity index (χ1) is 9.81. The molecule has 0 spiro atoms. The largest absolute Gasteiger partial charge is 0.360 e. The second-order valence-corrected chi connectivity index (χ2v) is 5.15. The van der Waals surface area contributed by atoms with Crippen molar-refractivity contribution in [3.05, 3.63) is 47.2 Å². The van der Waals surface area contributed by atoms with Crippen molar-refractivity contribution in [3.63, 3.8) is 0 Å². The Morgan fingerprint density at radius 1 is 1.25 bits per heavy atom. The van der Waals surface area contributed by atoms with Crippen LogP contribution in [0.15, 0.2) is 24.5 Å². The van der Waals surface area contributed by atoms with Crippen LogP contribution in [0.1, 0.15) is 49.0 Å². The van der Waals surface area contributed by atoms with Crippen LogP contribution in [-0.4, -0.2) is 15.0 Å². The minimum atomic E-state index is 0.262. The van der Waals surface area contributed by atoms with E-state index in [9.17, 15) is 0 Å². The van der Waals surface area contributed by atoms with Crippen molar-refractivity contribution in [2.75, 3.05) is 5.32 Å². The van der Waals surface area contributed by atoms with Gasteiger partial charge >= 0.3 is 0 Å². The van der Waals surface area contributed by atoms with E-state index in [-0.39, 0.29) is 6.04 Å². The topological polar surface area (TPSA) is 50.7 Å². The molecule has 1 atom stereocenters. The maximum Gasteiger partial charge on any atom is 0.148 e. The van der Waals surface area contributed by atoms with E-state index in [2.05, 4.69) is 35.2 Å². The highest BCUT2D eigenvalue weighted by atomic mass is 15.1. The van der Waals surface area contributed by atoms with Crippen LogP contribution in [-0.2, 0) is 19.3 Å². The lowest BCUT2D eigenvalue weighted by atomic mass is 10.2. The lowest BCUT2D eigenvalue weighted by molar-refractivity contribution is 0.734. The van der Waals surface area contributed by atoms with E-state index in [1.807, 2.05) is 18.5 Å². The van der Waals surface area contributed by atoms with Gasteiger partial charge in [-0.1, -0.05) is 19.9 Å². The molecule has 2 aromatic heterocycles. The number of aromatic nitrogens is 3. The number of nitrogens with zero attached hydrogens (tertiary/aromatic N) is 3. The molecule has 1 unspecified atom stereocenters. The Morgan fingerprint density at radius 2 is 2.15 bits per heavy atom. The van der Waals surface area contributed by atoms with E-state index in [0.29, 0.717) is 0 Å². The van der Waals surface area contributed by atoms with Crippen LogP contribution in [0, 0.1) is 0 Å². The molecule has 0 radical (unpaired) electrons. The minimum absolute atomic E-state index is 0.262. The SMILES string of the molecule is CCc1cnc(CC)c(NC2CCc3cccnc32)n1. The smallest absolute Gasteiger partial charge is 0.148 e. The molecule has 0 fully saturated rings. The van der Waals surface area contributed by atoms with Gasteiger partial charge in [-0.2, -0.15) is 0 Å². The summed E-state index contributed by atoms with van der Waals surface area (Å²) in [6.45, 7) is 4.22. The number of fused-ring (bicyclic) bond motifs is 1. The molecule has 1 aliphatic rings. The zero-order valence-electron chi connectivity index (χ0n) is 12.1. The Bertz CT molecular complexity index is 609. The number of hydrogen-bond acceptors (Lipinski definition) is 4. The van der Waals surface area contributed by atoms with Crippen LogP contribution in [0.2, 0.25) is 0 Å². The summed E-state index contributed by atoms with van der Waals surface area (Å²) in [5.41, 5.74) is 4.58. The Kier molecular flexibility index (Phi) is 3.63. The molecule has 2 aromatic rings. The van der Waals surface area contributed by atoms with Crippen LogP contribution in [0.5, 0.6) is 0 Å². The van der Waals surface area contributed by atoms with Gasteiger partial charge in [0.15, 0.2) is 0 Å².